The first-order valence-corrected chi connectivity index (χ1v) is 14.6. The van der Waals surface area contributed by atoms with E-state index < -0.39 is 34.7 Å². The molecule has 216 valence electrons. The van der Waals surface area contributed by atoms with Crippen molar-refractivity contribution in [2.24, 2.45) is 23.2 Å². The molecule has 3 N–H and O–H groups in total. The minimum atomic E-state index is -1.00. The van der Waals surface area contributed by atoms with E-state index in [9.17, 15) is 19.5 Å². The number of benzene rings is 1. The van der Waals surface area contributed by atoms with Crippen LogP contribution in [0.4, 0.5) is 0 Å². The summed E-state index contributed by atoms with van der Waals surface area (Å²) >= 11 is 0. The van der Waals surface area contributed by atoms with Gasteiger partial charge in [0, 0.05) is 17.9 Å². The van der Waals surface area contributed by atoms with Gasteiger partial charge in [0.05, 0.1) is 18.1 Å². The molecule has 0 radical (unpaired) electrons. The second kappa shape index (κ2) is 12.0. The Balaban J connectivity index is 1.48. The summed E-state index contributed by atoms with van der Waals surface area (Å²) in [5, 5.41) is 16.5. The van der Waals surface area contributed by atoms with Crippen molar-refractivity contribution in [3.63, 3.8) is 0 Å². The highest BCUT2D eigenvalue weighted by Gasteiger charge is 2.49. The Hall–Kier alpha value is -2.45. The number of aliphatic carboxylic acids is 1. The molecule has 39 heavy (non-hydrogen) atoms. The largest absolute Gasteiger partial charge is 0.481 e. The lowest BCUT2D eigenvalue weighted by Gasteiger charge is -2.45. The summed E-state index contributed by atoms with van der Waals surface area (Å²) < 4.78 is 11.7. The topological polar surface area (TPSA) is 114 Å². The Morgan fingerprint density at radius 3 is 2.33 bits per heavy atom. The molecule has 3 fully saturated rings. The van der Waals surface area contributed by atoms with E-state index in [1.165, 1.54) is 5.56 Å². The highest BCUT2D eigenvalue weighted by atomic mass is 16.7. The molecule has 1 saturated heterocycles. The van der Waals surface area contributed by atoms with Crippen LogP contribution in [0.5, 0.6) is 0 Å². The summed E-state index contributed by atoms with van der Waals surface area (Å²) in [6, 6.07) is 10.2. The zero-order valence-electron chi connectivity index (χ0n) is 24.0. The predicted molar refractivity (Wildman–Crippen MR) is 148 cm³/mol. The van der Waals surface area contributed by atoms with Gasteiger partial charge in [-0.15, -0.1) is 0 Å². The molecule has 4 atom stereocenters. The average Bonchev–Trinajstić information content (AvgIpc) is 3.35. The van der Waals surface area contributed by atoms with E-state index in [1.807, 2.05) is 32.0 Å². The lowest BCUT2D eigenvalue weighted by atomic mass is 9.71. The predicted octanol–water partition coefficient (Wildman–Crippen LogP) is 4.46. The first kappa shape index (κ1) is 29.5. The second-order valence-corrected chi connectivity index (χ2v) is 13.0. The Kier molecular flexibility index (Phi) is 9.06. The van der Waals surface area contributed by atoms with Crippen molar-refractivity contribution in [3.8, 4) is 0 Å². The molecule has 4 unspecified atom stereocenters. The molecule has 0 bridgehead atoms. The van der Waals surface area contributed by atoms with Crippen LogP contribution < -0.4 is 10.6 Å². The van der Waals surface area contributed by atoms with Gasteiger partial charge in [0.2, 0.25) is 11.8 Å². The SMILES string of the molecule is CC1(C)OCC(C)(C)C(C(=O)NCC(C(=O)O)C2(NC(=O)C3CCCC3Cc3ccccc3)CCCCC2)O1. The van der Waals surface area contributed by atoms with Crippen molar-refractivity contribution in [1.82, 2.24) is 10.6 Å². The van der Waals surface area contributed by atoms with E-state index in [0.717, 1.165) is 44.9 Å². The molecule has 0 aromatic heterocycles. The number of carboxylic acid groups (broad SMARTS) is 1. The Morgan fingerprint density at radius 2 is 1.67 bits per heavy atom. The van der Waals surface area contributed by atoms with Crippen LogP contribution in [0.2, 0.25) is 0 Å². The van der Waals surface area contributed by atoms with Crippen molar-refractivity contribution in [2.45, 2.75) is 103 Å². The van der Waals surface area contributed by atoms with Crippen molar-refractivity contribution in [1.29, 1.82) is 0 Å². The molecule has 8 nitrogen and oxygen atoms in total. The number of nitrogens with one attached hydrogen (secondary N) is 2. The normalized spacial score (nSPS) is 28.3. The fraction of sp³-hybridized carbons (Fsp3) is 0.710. The molecule has 2 saturated carbocycles. The molecule has 2 aliphatic carbocycles. The van der Waals surface area contributed by atoms with E-state index in [0.29, 0.717) is 19.4 Å². The van der Waals surface area contributed by atoms with Crippen LogP contribution in [0, 0.1) is 23.2 Å². The minimum absolute atomic E-state index is 0.0384. The molecular weight excluding hydrogens is 496 g/mol. The zero-order valence-corrected chi connectivity index (χ0v) is 24.0. The van der Waals surface area contributed by atoms with Crippen LogP contribution in [-0.4, -0.2) is 53.5 Å². The van der Waals surface area contributed by atoms with E-state index in [1.54, 1.807) is 13.8 Å². The van der Waals surface area contributed by atoms with Crippen LogP contribution in [-0.2, 0) is 30.3 Å². The van der Waals surface area contributed by atoms with Gasteiger partial charge >= 0.3 is 5.97 Å². The maximum atomic E-state index is 13.8. The molecule has 4 rings (SSSR count). The van der Waals surface area contributed by atoms with Gasteiger partial charge in [-0.05, 0) is 57.4 Å². The lowest BCUT2D eigenvalue weighted by Crippen LogP contribution is -2.62. The number of rotatable bonds is 9. The van der Waals surface area contributed by atoms with Crippen LogP contribution >= 0.6 is 0 Å². The summed E-state index contributed by atoms with van der Waals surface area (Å²) in [5.41, 5.74) is -0.229. The van der Waals surface area contributed by atoms with E-state index in [4.69, 9.17) is 9.47 Å². The highest BCUT2D eigenvalue weighted by Crippen LogP contribution is 2.39. The Bertz CT molecular complexity index is 1020. The highest BCUT2D eigenvalue weighted by molar-refractivity contribution is 5.84. The quantitative estimate of drug-likeness (QED) is 0.425. The van der Waals surface area contributed by atoms with Gasteiger partial charge in [-0.3, -0.25) is 14.4 Å². The van der Waals surface area contributed by atoms with Crippen LogP contribution in [0.25, 0.3) is 0 Å². The van der Waals surface area contributed by atoms with E-state index in [-0.39, 0.29) is 30.2 Å². The zero-order chi connectivity index (χ0) is 28.3. The van der Waals surface area contributed by atoms with E-state index >= 15 is 0 Å². The van der Waals surface area contributed by atoms with Gasteiger partial charge in [-0.1, -0.05) is 69.9 Å². The molecule has 3 aliphatic rings. The maximum Gasteiger partial charge on any atom is 0.310 e. The summed E-state index contributed by atoms with van der Waals surface area (Å²) in [6.45, 7) is 7.62. The van der Waals surface area contributed by atoms with Crippen LogP contribution in [0.15, 0.2) is 30.3 Å². The van der Waals surface area contributed by atoms with Crippen molar-refractivity contribution in [3.05, 3.63) is 35.9 Å². The standard InChI is InChI=1S/C31H46N2O6/c1-29(2)20-38-30(3,4)39-25(29)27(35)32-19-24(28(36)37)31(16-9-6-10-17-31)33-26(34)23-15-11-14-22(23)18-21-12-7-5-8-13-21/h5,7-8,12-13,22-25H,6,9-11,14-20H2,1-4H3,(H,32,35)(H,33,34)(H,36,37). The third-order valence-corrected chi connectivity index (χ3v) is 9.04. The fourth-order valence-electron chi connectivity index (χ4n) is 6.76. The molecule has 1 aliphatic heterocycles. The minimum Gasteiger partial charge on any atom is -0.481 e. The Morgan fingerprint density at radius 1 is 0.974 bits per heavy atom. The van der Waals surface area contributed by atoms with Crippen molar-refractivity contribution < 1.29 is 29.0 Å². The van der Waals surface area contributed by atoms with E-state index in [2.05, 4.69) is 22.8 Å². The van der Waals surface area contributed by atoms with Crippen LogP contribution in [0.1, 0.15) is 84.6 Å². The van der Waals surface area contributed by atoms with Gasteiger partial charge in [0.25, 0.3) is 0 Å². The molecule has 2 amide bonds. The summed E-state index contributed by atoms with van der Waals surface area (Å²) in [5.74, 6) is -3.12. The van der Waals surface area contributed by atoms with Gasteiger partial charge in [-0.25, -0.2) is 0 Å². The third kappa shape index (κ3) is 7.01. The number of carbonyl (C=O) groups excluding carboxylic acids is 2. The monoisotopic (exact) mass is 542 g/mol. The number of hydrogen-bond donors (Lipinski definition) is 3. The number of hydrogen-bond acceptors (Lipinski definition) is 5. The molecule has 1 heterocycles. The lowest BCUT2D eigenvalue weighted by molar-refractivity contribution is -0.304. The van der Waals surface area contributed by atoms with Crippen molar-refractivity contribution in [2.75, 3.05) is 13.2 Å². The van der Waals surface area contributed by atoms with Gasteiger partial charge in [-0.2, -0.15) is 0 Å². The smallest absolute Gasteiger partial charge is 0.310 e. The van der Waals surface area contributed by atoms with Crippen molar-refractivity contribution >= 4 is 17.8 Å². The molecular formula is C31H46N2O6. The second-order valence-electron chi connectivity index (χ2n) is 13.0. The van der Waals surface area contributed by atoms with Gasteiger partial charge < -0.3 is 25.2 Å². The molecule has 8 heteroatoms. The average molecular weight is 543 g/mol. The van der Waals surface area contributed by atoms with Gasteiger partial charge in [0.1, 0.15) is 6.10 Å². The molecule has 1 aromatic carbocycles. The first-order valence-electron chi connectivity index (χ1n) is 14.6. The number of ether oxygens (including phenoxy) is 2. The third-order valence-electron chi connectivity index (χ3n) is 9.04. The summed E-state index contributed by atoms with van der Waals surface area (Å²) in [6.07, 6.45) is 6.78. The first-order chi connectivity index (χ1) is 18.4. The maximum absolute atomic E-state index is 13.8. The Labute approximate surface area is 232 Å². The van der Waals surface area contributed by atoms with Gasteiger partial charge in [0.15, 0.2) is 5.79 Å². The molecule has 0 spiro atoms. The summed E-state index contributed by atoms with van der Waals surface area (Å²) in [4.78, 5) is 39.7. The summed E-state index contributed by atoms with van der Waals surface area (Å²) in [7, 11) is 0. The van der Waals surface area contributed by atoms with Crippen LogP contribution in [0.3, 0.4) is 0 Å². The number of carboxylic acids is 1. The number of carbonyl (C=O) groups is 3. The number of amides is 2. The fourth-order valence-corrected chi connectivity index (χ4v) is 6.76. The molecule has 1 aromatic rings.